The molecule has 0 aromatic carbocycles. The fraction of sp³-hybridized carbons (Fsp3) is 0.778. The van der Waals surface area contributed by atoms with E-state index in [0.717, 1.165) is 15.2 Å². The second-order valence-corrected chi connectivity index (χ2v) is 6.81. The van der Waals surface area contributed by atoms with E-state index in [1.807, 2.05) is 0 Å². The number of allylic oxidation sites excluding steroid dienone is 1. The maximum atomic E-state index is 3.55. The summed E-state index contributed by atoms with van der Waals surface area (Å²) in [6, 6.07) is 0. The molecule has 12 heavy (non-hydrogen) atoms. The van der Waals surface area contributed by atoms with Crippen LogP contribution in [0.4, 0.5) is 0 Å². The minimum absolute atomic E-state index is 0.786. The van der Waals surface area contributed by atoms with Crippen molar-refractivity contribution < 1.29 is 0 Å². The largest absolute Gasteiger partial charge is 0.0925 e. The van der Waals surface area contributed by atoms with Crippen molar-refractivity contribution in [2.24, 2.45) is 11.8 Å². The Morgan fingerprint density at radius 2 is 1.75 bits per heavy atom. The van der Waals surface area contributed by atoms with Crippen molar-refractivity contribution in [3.8, 4) is 0 Å². The van der Waals surface area contributed by atoms with Gasteiger partial charge in [0.15, 0.2) is 0 Å². The minimum Gasteiger partial charge on any atom is -0.0925 e. The Hall–Kier alpha value is 1.18. The van der Waals surface area contributed by atoms with Gasteiger partial charge in [-0.1, -0.05) is 22.0 Å². The van der Waals surface area contributed by atoms with Gasteiger partial charge in [-0.25, -0.2) is 0 Å². The summed E-state index contributed by atoms with van der Waals surface area (Å²) in [7, 11) is 0. The van der Waals surface area contributed by atoms with Crippen LogP contribution in [0, 0.1) is 11.8 Å². The van der Waals surface area contributed by atoms with Crippen LogP contribution in [0.25, 0.3) is 0 Å². The molecule has 0 aliphatic heterocycles. The second-order valence-electron chi connectivity index (χ2n) is 3.39. The molecule has 70 valence electrons. The Labute approximate surface area is 99.6 Å². The maximum Gasteiger partial charge on any atom is 0.0567 e. The van der Waals surface area contributed by atoms with E-state index in [1.165, 1.54) is 31.0 Å². The van der Waals surface area contributed by atoms with Gasteiger partial charge in [-0.2, -0.15) is 0 Å². The highest BCUT2D eigenvalue weighted by atomic mass is 79.9. The lowest BCUT2D eigenvalue weighted by Crippen LogP contribution is -2.13. The zero-order valence-electron chi connectivity index (χ0n) is 6.90. The number of hydrogen-bond donors (Lipinski definition) is 0. The average molecular weight is 361 g/mol. The van der Waals surface area contributed by atoms with E-state index in [1.54, 1.807) is 0 Å². The van der Waals surface area contributed by atoms with Crippen LogP contribution in [-0.2, 0) is 0 Å². The molecule has 0 heterocycles. The topological polar surface area (TPSA) is 0 Å². The van der Waals surface area contributed by atoms with Gasteiger partial charge in [-0.3, -0.25) is 0 Å². The summed E-state index contributed by atoms with van der Waals surface area (Å²) in [5.74, 6) is 1.71. The molecule has 0 spiro atoms. The van der Waals surface area contributed by atoms with Crippen LogP contribution in [-0.4, -0.2) is 5.33 Å². The van der Waals surface area contributed by atoms with E-state index in [4.69, 9.17) is 0 Å². The predicted molar refractivity (Wildman–Crippen MR) is 65.2 cm³/mol. The van der Waals surface area contributed by atoms with Crippen LogP contribution >= 0.6 is 47.8 Å². The third kappa shape index (κ3) is 3.93. The maximum absolute atomic E-state index is 3.55. The number of alkyl halides is 1. The Morgan fingerprint density at radius 3 is 2.17 bits per heavy atom. The average Bonchev–Trinajstić information content (AvgIpc) is 2.05. The highest BCUT2D eigenvalue weighted by Gasteiger charge is 2.18. The molecule has 1 rings (SSSR count). The Morgan fingerprint density at radius 1 is 1.17 bits per heavy atom. The molecule has 0 saturated heterocycles. The molecular formula is C9H13Br3. The van der Waals surface area contributed by atoms with Gasteiger partial charge >= 0.3 is 0 Å². The number of rotatable bonds is 2. The third-order valence-corrected chi connectivity index (χ3v) is 3.92. The Kier molecular flexibility index (Phi) is 5.45. The standard InChI is InChI=1S/C9H13Br3/c10-6-8-3-1-7(2-4-8)5-9(11)12/h5,7-8H,1-4,6H2/t7-,8+. The lowest BCUT2D eigenvalue weighted by molar-refractivity contribution is 0.336. The van der Waals surface area contributed by atoms with Crippen LogP contribution in [0.5, 0.6) is 0 Å². The van der Waals surface area contributed by atoms with Crippen LogP contribution < -0.4 is 0 Å². The summed E-state index contributed by atoms with van der Waals surface area (Å²) >= 11 is 10.4. The fourth-order valence-corrected chi connectivity index (χ4v) is 3.08. The van der Waals surface area contributed by atoms with Crippen LogP contribution in [0.3, 0.4) is 0 Å². The summed E-state index contributed by atoms with van der Waals surface area (Å²) in [6.45, 7) is 0. The van der Waals surface area contributed by atoms with Gasteiger partial charge in [-0.15, -0.1) is 0 Å². The lowest BCUT2D eigenvalue weighted by atomic mass is 9.83. The molecule has 0 unspecified atom stereocenters. The van der Waals surface area contributed by atoms with Crippen molar-refractivity contribution in [1.29, 1.82) is 0 Å². The predicted octanol–water partition coefficient (Wildman–Crippen LogP) is 4.82. The summed E-state index contributed by atoms with van der Waals surface area (Å²) in [5, 5.41) is 1.18. The summed E-state index contributed by atoms with van der Waals surface area (Å²) < 4.78 is 1.11. The van der Waals surface area contributed by atoms with Crippen LogP contribution in [0.2, 0.25) is 0 Å². The molecule has 0 amide bonds. The quantitative estimate of drug-likeness (QED) is 0.619. The van der Waals surface area contributed by atoms with Crippen molar-refractivity contribution in [1.82, 2.24) is 0 Å². The molecule has 0 radical (unpaired) electrons. The summed E-state index contributed by atoms with van der Waals surface area (Å²) in [5.41, 5.74) is 0. The monoisotopic (exact) mass is 358 g/mol. The Bertz CT molecular complexity index is 153. The molecule has 3 heteroatoms. The van der Waals surface area contributed by atoms with Crippen molar-refractivity contribution in [3.05, 3.63) is 9.47 Å². The van der Waals surface area contributed by atoms with Crippen molar-refractivity contribution in [3.63, 3.8) is 0 Å². The first-order valence-electron chi connectivity index (χ1n) is 4.31. The normalized spacial score (nSPS) is 29.9. The van der Waals surface area contributed by atoms with Crippen molar-refractivity contribution in [2.75, 3.05) is 5.33 Å². The molecule has 0 N–H and O–H groups in total. The molecule has 0 bridgehead atoms. The van der Waals surface area contributed by atoms with E-state index >= 15 is 0 Å². The van der Waals surface area contributed by atoms with Crippen LogP contribution in [0.1, 0.15) is 25.7 Å². The lowest BCUT2D eigenvalue weighted by Gasteiger charge is -2.25. The van der Waals surface area contributed by atoms with E-state index in [2.05, 4.69) is 53.9 Å². The molecule has 1 saturated carbocycles. The van der Waals surface area contributed by atoms with Crippen molar-refractivity contribution in [2.45, 2.75) is 25.7 Å². The zero-order chi connectivity index (χ0) is 8.97. The second kappa shape index (κ2) is 5.82. The molecule has 1 fully saturated rings. The van der Waals surface area contributed by atoms with E-state index in [-0.39, 0.29) is 0 Å². The van der Waals surface area contributed by atoms with Gasteiger partial charge in [0.2, 0.25) is 0 Å². The van der Waals surface area contributed by atoms with E-state index < -0.39 is 0 Å². The van der Waals surface area contributed by atoms with Gasteiger partial charge in [0, 0.05) is 5.33 Å². The van der Waals surface area contributed by atoms with E-state index in [9.17, 15) is 0 Å². The SMILES string of the molecule is BrC[C@H]1CC[C@@H](C=C(Br)Br)CC1. The van der Waals surface area contributed by atoms with E-state index in [0.29, 0.717) is 0 Å². The van der Waals surface area contributed by atoms with Gasteiger partial charge in [0.05, 0.1) is 3.39 Å². The molecule has 1 aliphatic carbocycles. The molecule has 0 aromatic rings. The molecule has 0 nitrogen and oxygen atoms in total. The molecule has 1 aliphatic rings. The third-order valence-electron chi connectivity index (χ3n) is 2.47. The Balaban J connectivity index is 2.31. The first-order chi connectivity index (χ1) is 5.72. The summed E-state index contributed by atoms with van der Waals surface area (Å²) in [4.78, 5) is 0. The first kappa shape index (κ1) is 11.3. The van der Waals surface area contributed by atoms with Gasteiger partial charge < -0.3 is 0 Å². The van der Waals surface area contributed by atoms with Gasteiger partial charge in [0.25, 0.3) is 0 Å². The first-order valence-corrected chi connectivity index (χ1v) is 7.02. The number of halogens is 3. The van der Waals surface area contributed by atoms with Gasteiger partial charge in [-0.05, 0) is 69.4 Å². The highest BCUT2D eigenvalue weighted by Crippen LogP contribution is 2.32. The molecule has 0 atom stereocenters. The number of hydrogen-bond acceptors (Lipinski definition) is 0. The smallest absolute Gasteiger partial charge is 0.0567 e. The molecular weight excluding hydrogens is 348 g/mol. The minimum atomic E-state index is 0.786. The van der Waals surface area contributed by atoms with Crippen molar-refractivity contribution >= 4 is 47.8 Å². The highest BCUT2D eigenvalue weighted by molar-refractivity contribution is 9.28. The fourth-order valence-electron chi connectivity index (χ4n) is 1.69. The zero-order valence-corrected chi connectivity index (χ0v) is 11.7. The molecule has 0 aromatic heterocycles. The summed E-state index contributed by atoms with van der Waals surface area (Å²) in [6.07, 6.45) is 7.72. The van der Waals surface area contributed by atoms with Crippen LogP contribution in [0.15, 0.2) is 9.47 Å². The van der Waals surface area contributed by atoms with Gasteiger partial charge in [0.1, 0.15) is 0 Å².